The van der Waals surface area contributed by atoms with E-state index in [4.69, 9.17) is 4.74 Å². The molecule has 0 saturated carbocycles. The molecule has 2 nitrogen and oxygen atoms in total. The van der Waals surface area contributed by atoms with Gasteiger partial charge in [-0.15, -0.1) is 0 Å². The Bertz CT molecular complexity index is 844. The quantitative estimate of drug-likeness (QED) is 0.681. The van der Waals surface area contributed by atoms with Gasteiger partial charge >= 0.3 is 0 Å². The largest absolute Gasteiger partial charge is 0.488 e. The van der Waals surface area contributed by atoms with Crippen LogP contribution < -0.4 is 15.3 Å². The van der Waals surface area contributed by atoms with Crippen LogP contribution in [0.5, 0.6) is 5.75 Å². The van der Waals surface area contributed by atoms with E-state index in [2.05, 4.69) is 44.2 Å². The third kappa shape index (κ3) is 4.48. The zero-order valence-corrected chi connectivity index (χ0v) is 15.6. The molecule has 1 atom stereocenters. The number of rotatable bonds is 6. The molecule has 3 heteroatoms. The van der Waals surface area contributed by atoms with Crippen LogP contribution in [-0.4, -0.2) is 5.11 Å². The van der Waals surface area contributed by atoms with Gasteiger partial charge in [-0.2, -0.15) is 0 Å². The van der Waals surface area contributed by atoms with Gasteiger partial charge in [0.05, 0.1) is 6.61 Å². The second-order valence-electron chi connectivity index (χ2n) is 6.17. The van der Waals surface area contributed by atoms with Gasteiger partial charge in [0, 0.05) is 5.30 Å². The first-order chi connectivity index (χ1) is 12.2. The average Bonchev–Trinajstić information content (AvgIpc) is 2.62. The number of benzene rings is 3. The van der Waals surface area contributed by atoms with Crippen LogP contribution in [0.4, 0.5) is 0 Å². The summed E-state index contributed by atoms with van der Waals surface area (Å²) in [5.74, 6) is 0.959. The second kappa shape index (κ2) is 8.29. The SMILES string of the molecule is Cc1cc(C)c(OCc2ccccc2)c(Pc2ccccc2CO)c1. The van der Waals surface area contributed by atoms with Crippen molar-refractivity contribution in [2.45, 2.75) is 27.1 Å². The summed E-state index contributed by atoms with van der Waals surface area (Å²) in [4.78, 5) is 0. The smallest absolute Gasteiger partial charge is 0.130 e. The van der Waals surface area contributed by atoms with E-state index in [9.17, 15) is 5.11 Å². The van der Waals surface area contributed by atoms with E-state index >= 15 is 0 Å². The van der Waals surface area contributed by atoms with Gasteiger partial charge in [-0.25, -0.2) is 0 Å². The Morgan fingerprint density at radius 2 is 1.60 bits per heavy atom. The number of aliphatic hydroxyl groups is 1. The Hall–Kier alpha value is -2.15. The summed E-state index contributed by atoms with van der Waals surface area (Å²) >= 11 is 0. The average molecular weight is 350 g/mol. The van der Waals surface area contributed by atoms with Crippen molar-refractivity contribution in [1.82, 2.24) is 0 Å². The van der Waals surface area contributed by atoms with Crippen molar-refractivity contribution in [2.24, 2.45) is 0 Å². The molecule has 0 aliphatic rings. The van der Waals surface area contributed by atoms with E-state index in [1.54, 1.807) is 0 Å². The molecule has 0 bridgehead atoms. The molecule has 0 radical (unpaired) electrons. The molecule has 0 fully saturated rings. The molecule has 25 heavy (non-hydrogen) atoms. The highest BCUT2D eigenvalue weighted by Crippen LogP contribution is 2.26. The first-order valence-electron chi connectivity index (χ1n) is 8.41. The standard InChI is InChI=1S/C22H23O2P/c1-16-12-17(2)22(24-15-18-8-4-3-5-9-18)21(13-16)25-20-11-7-6-10-19(20)14-23/h3-13,23,25H,14-15H2,1-2H3. The third-order valence-electron chi connectivity index (χ3n) is 4.10. The fourth-order valence-electron chi connectivity index (χ4n) is 2.89. The summed E-state index contributed by atoms with van der Waals surface area (Å²) in [6, 6.07) is 22.6. The lowest BCUT2D eigenvalue weighted by atomic mass is 10.1. The normalized spacial score (nSPS) is 11.2. The second-order valence-corrected chi connectivity index (χ2v) is 7.50. The van der Waals surface area contributed by atoms with Crippen LogP contribution in [0.3, 0.4) is 0 Å². The van der Waals surface area contributed by atoms with Gasteiger partial charge in [0.2, 0.25) is 0 Å². The molecular weight excluding hydrogens is 327 g/mol. The maximum atomic E-state index is 9.60. The highest BCUT2D eigenvalue weighted by Gasteiger charge is 2.12. The van der Waals surface area contributed by atoms with Gasteiger partial charge in [-0.3, -0.25) is 0 Å². The highest BCUT2D eigenvalue weighted by molar-refractivity contribution is 7.55. The number of hydrogen-bond acceptors (Lipinski definition) is 2. The molecule has 128 valence electrons. The lowest BCUT2D eigenvalue weighted by Crippen LogP contribution is -2.13. The van der Waals surface area contributed by atoms with Crippen LogP contribution in [0.1, 0.15) is 22.3 Å². The molecule has 3 aromatic rings. The Balaban J connectivity index is 1.90. The van der Waals surface area contributed by atoms with Crippen molar-refractivity contribution in [2.75, 3.05) is 0 Å². The van der Waals surface area contributed by atoms with E-state index in [1.165, 1.54) is 16.2 Å². The van der Waals surface area contributed by atoms with Crippen molar-refractivity contribution in [1.29, 1.82) is 0 Å². The van der Waals surface area contributed by atoms with Crippen LogP contribution >= 0.6 is 8.58 Å². The number of aliphatic hydroxyl groups excluding tert-OH is 1. The maximum absolute atomic E-state index is 9.60. The number of hydrogen-bond donors (Lipinski definition) is 1. The number of aryl methyl sites for hydroxylation is 2. The van der Waals surface area contributed by atoms with Gasteiger partial charge in [-0.1, -0.05) is 69.2 Å². The topological polar surface area (TPSA) is 29.5 Å². The van der Waals surface area contributed by atoms with Crippen LogP contribution in [0.2, 0.25) is 0 Å². The highest BCUT2D eigenvalue weighted by atomic mass is 31.1. The molecule has 0 aliphatic heterocycles. The van der Waals surface area contributed by atoms with Crippen LogP contribution in [0, 0.1) is 13.8 Å². The fourth-order valence-corrected chi connectivity index (χ4v) is 4.37. The molecule has 0 heterocycles. The zero-order valence-electron chi connectivity index (χ0n) is 14.6. The molecule has 1 unspecified atom stereocenters. The third-order valence-corrected chi connectivity index (χ3v) is 5.50. The minimum Gasteiger partial charge on any atom is -0.488 e. The maximum Gasteiger partial charge on any atom is 0.130 e. The van der Waals surface area contributed by atoms with E-state index in [-0.39, 0.29) is 6.61 Å². The molecule has 0 amide bonds. The fraction of sp³-hybridized carbons (Fsp3) is 0.182. The predicted octanol–water partition coefficient (Wildman–Crippen LogP) is 4.00. The van der Waals surface area contributed by atoms with Crippen LogP contribution in [0.25, 0.3) is 0 Å². The van der Waals surface area contributed by atoms with E-state index in [0.29, 0.717) is 15.2 Å². The molecular formula is C22H23O2P. The minimum atomic E-state index is 0.0637. The van der Waals surface area contributed by atoms with Crippen molar-refractivity contribution in [3.8, 4) is 5.75 Å². The van der Waals surface area contributed by atoms with Crippen molar-refractivity contribution in [3.63, 3.8) is 0 Å². The summed E-state index contributed by atoms with van der Waals surface area (Å²) < 4.78 is 6.20. The lowest BCUT2D eigenvalue weighted by Gasteiger charge is -2.17. The lowest BCUT2D eigenvalue weighted by molar-refractivity contribution is 0.283. The predicted molar refractivity (Wildman–Crippen MR) is 107 cm³/mol. The van der Waals surface area contributed by atoms with Gasteiger partial charge in [0.15, 0.2) is 0 Å². The first kappa shape index (κ1) is 17.7. The molecule has 0 aromatic heterocycles. The van der Waals surface area contributed by atoms with E-state index < -0.39 is 0 Å². The van der Waals surface area contributed by atoms with Gasteiger partial charge < -0.3 is 9.84 Å². The van der Waals surface area contributed by atoms with E-state index in [0.717, 1.165) is 22.4 Å². The summed E-state index contributed by atoms with van der Waals surface area (Å²) in [5, 5.41) is 12.0. The summed E-state index contributed by atoms with van der Waals surface area (Å²) in [6.07, 6.45) is 0. The van der Waals surface area contributed by atoms with Crippen molar-refractivity contribution in [3.05, 3.63) is 89.0 Å². The van der Waals surface area contributed by atoms with E-state index in [1.807, 2.05) is 36.4 Å². The minimum absolute atomic E-state index is 0.0637. The summed E-state index contributed by atoms with van der Waals surface area (Å²) in [7, 11) is 0.457. The zero-order chi connectivity index (χ0) is 17.6. The molecule has 1 N–H and O–H groups in total. The molecule has 3 aromatic carbocycles. The monoisotopic (exact) mass is 350 g/mol. The van der Waals surface area contributed by atoms with Gasteiger partial charge in [0.1, 0.15) is 12.4 Å². The molecule has 0 spiro atoms. The van der Waals surface area contributed by atoms with Gasteiger partial charge in [-0.05, 0) is 47.5 Å². The first-order valence-corrected chi connectivity index (χ1v) is 9.41. The Morgan fingerprint density at radius 3 is 2.36 bits per heavy atom. The summed E-state index contributed by atoms with van der Waals surface area (Å²) in [6.45, 7) is 4.83. The van der Waals surface area contributed by atoms with Crippen molar-refractivity contribution >= 4 is 19.2 Å². The van der Waals surface area contributed by atoms with Crippen LogP contribution in [0.15, 0.2) is 66.7 Å². The Morgan fingerprint density at radius 1 is 0.880 bits per heavy atom. The molecule has 0 saturated heterocycles. The van der Waals surface area contributed by atoms with Crippen molar-refractivity contribution < 1.29 is 9.84 Å². The molecule has 3 rings (SSSR count). The summed E-state index contributed by atoms with van der Waals surface area (Å²) in [5.41, 5.74) is 4.52. The Labute approximate surface area is 151 Å². The number of ether oxygens (including phenoxy) is 1. The van der Waals surface area contributed by atoms with Crippen LogP contribution in [-0.2, 0) is 13.2 Å². The van der Waals surface area contributed by atoms with Gasteiger partial charge in [0.25, 0.3) is 0 Å². The molecule has 0 aliphatic carbocycles. The Kier molecular flexibility index (Phi) is 5.86.